The maximum atomic E-state index is 12.3. The van der Waals surface area contributed by atoms with Crippen molar-refractivity contribution in [2.75, 3.05) is 56.0 Å². The Labute approximate surface area is 174 Å². The number of nitrogens with zero attached hydrogens (tertiary/aromatic N) is 4. The van der Waals surface area contributed by atoms with E-state index in [0.717, 1.165) is 0 Å². The van der Waals surface area contributed by atoms with Crippen LogP contribution in [0.5, 0.6) is 5.75 Å². The van der Waals surface area contributed by atoms with Gasteiger partial charge in [0, 0.05) is 31.7 Å². The molecule has 0 spiro atoms. The highest BCUT2D eigenvalue weighted by Crippen LogP contribution is 2.26. The van der Waals surface area contributed by atoms with Gasteiger partial charge in [0.1, 0.15) is 17.8 Å². The molecule has 1 aromatic heterocycles. The van der Waals surface area contributed by atoms with Gasteiger partial charge >= 0.3 is 6.09 Å². The molecule has 0 aliphatic carbocycles. The first-order valence-corrected chi connectivity index (χ1v) is 9.51. The molecule has 30 heavy (non-hydrogen) atoms. The van der Waals surface area contributed by atoms with E-state index >= 15 is 0 Å². The molecule has 160 valence electrons. The molecule has 4 N–H and O–H groups in total. The predicted octanol–water partition coefficient (Wildman–Crippen LogP) is 1.10. The molecule has 0 bridgehead atoms. The number of nitrogens with two attached hydrogens (primary N) is 1. The maximum absolute atomic E-state index is 12.3. The normalized spacial score (nSPS) is 13.5. The summed E-state index contributed by atoms with van der Waals surface area (Å²) in [4.78, 5) is 36.1. The lowest BCUT2D eigenvalue weighted by atomic mass is 10.2. The highest BCUT2D eigenvalue weighted by molar-refractivity contribution is 5.95. The van der Waals surface area contributed by atoms with E-state index in [1.165, 1.54) is 6.33 Å². The zero-order valence-corrected chi connectivity index (χ0v) is 16.9. The number of hydrogen-bond donors (Lipinski definition) is 3. The van der Waals surface area contributed by atoms with Gasteiger partial charge in [-0.3, -0.25) is 15.6 Å². The number of aromatic nitrogens is 2. The van der Waals surface area contributed by atoms with E-state index in [0.29, 0.717) is 55.6 Å². The lowest BCUT2D eigenvalue weighted by molar-refractivity contribution is 0.0962. The van der Waals surface area contributed by atoms with Crippen LogP contribution >= 0.6 is 0 Å². The number of methoxy groups -OCH3 is 1. The first kappa shape index (κ1) is 21.0. The first-order valence-electron chi connectivity index (χ1n) is 9.51. The minimum absolute atomic E-state index is 0.287. The Balaban J connectivity index is 1.61. The molecular weight excluding hydrogens is 390 g/mol. The number of nitrogens with one attached hydrogen (secondary N) is 2. The van der Waals surface area contributed by atoms with Crippen molar-refractivity contribution >= 4 is 29.3 Å². The van der Waals surface area contributed by atoms with E-state index in [1.807, 2.05) is 4.90 Å². The molecule has 2 heterocycles. The molecule has 11 nitrogen and oxygen atoms in total. The van der Waals surface area contributed by atoms with Crippen LogP contribution in [0.3, 0.4) is 0 Å². The topological polar surface area (TPSA) is 135 Å². The third-order valence-corrected chi connectivity index (χ3v) is 4.61. The van der Waals surface area contributed by atoms with Gasteiger partial charge in [0.2, 0.25) is 0 Å². The molecule has 2 aromatic rings. The quantitative estimate of drug-likeness (QED) is 0.593. The summed E-state index contributed by atoms with van der Waals surface area (Å²) in [6, 6.07) is 6.69. The van der Waals surface area contributed by atoms with E-state index in [2.05, 4.69) is 20.8 Å². The van der Waals surface area contributed by atoms with Gasteiger partial charge in [0.25, 0.3) is 5.91 Å². The lowest BCUT2D eigenvalue weighted by Crippen LogP contribution is -2.49. The summed E-state index contributed by atoms with van der Waals surface area (Å²) >= 11 is 0. The van der Waals surface area contributed by atoms with Crippen molar-refractivity contribution in [1.29, 1.82) is 0 Å². The Morgan fingerprint density at radius 1 is 1.13 bits per heavy atom. The molecule has 2 amide bonds. The van der Waals surface area contributed by atoms with Crippen LogP contribution in [0.2, 0.25) is 0 Å². The van der Waals surface area contributed by atoms with Crippen LogP contribution in [-0.4, -0.2) is 66.8 Å². The largest absolute Gasteiger partial charge is 0.497 e. The summed E-state index contributed by atoms with van der Waals surface area (Å²) < 4.78 is 10.1. The van der Waals surface area contributed by atoms with Crippen molar-refractivity contribution in [1.82, 2.24) is 20.3 Å². The number of hydrazine groups is 1. The van der Waals surface area contributed by atoms with Crippen molar-refractivity contribution in [2.45, 2.75) is 6.92 Å². The van der Waals surface area contributed by atoms with Gasteiger partial charge in [-0.2, -0.15) is 0 Å². The van der Waals surface area contributed by atoms with Crippen LogP contribution in [0.1, 0.15) is 17.3 Å². The molecule has 0 atom stereocenters. The number of nitrogen functional groups attached to an aromatic ring is 1. The minimum atomic E-state index is -0.347. The molecule has 1 aliphatic heterocycles. The number of hydrogen-bond acceptors (Lipinski definition) is 9. The van der Waals surface area contributed by atoms with Crippen LogP contribution in [0.4, 0.5) is 22.1 Å². The van der Waals surface area contributed by atoms with E-state index in [4.69, 9.17) is 15.2 Å². The summed E-state index contributed by atoms with van der Waals surface area (Å²) in [6.45, 7) is 4.22. The molecule has 11 heteroatoms. The van der Waals surface area contributed by atoms with E-state index in [9.17, 15) is 9.59 Å². The van der Waals surface area contributed by atoms with Gasteiger partial charge in [-0.25, -0.2) is 14.8 Å². The fourth-order valence-corrected chi connectivity index (χ4v) is 2.98. The second-order valence-electron chi connectivity index (χ2n) is 6.44. The van der Waals surface area contributed by atoms with Gasteiger partial charge in [-0.05, 0) is 31.2 Å². The Kier molecular flexibility index (Phi) is 6.73. The van der Waals surface area contributed by atoms with Crippen LogP contribution in [0.15, 0.2) is 30.6 Å². The number of piperazine rings is 1. The third-order valence-electron chi connectivity index (χ3n) is 4.61. The van der Waals surface area contributed by atoms with Crippen molar-refractivity contribution in [3.63, 3.8) is 0 Å². The van der Waals surface area contributed by atoms with Crippen LogP contribution in [0, 0.1) is 0 Å². The monoisotopic (exact) mass is 415 g/mol. The maximum Gasteiger partial charge on any atom is 0.409 e. The Morgan fingerprint density at radius 3 is 2.47 bits per heavy atom. The summed E-state index contributed by atoms with van der Waals surface area (Å²) in [5, 5.41) is 0. The van der Waals surface area contributed by atoms with Crippen LogP contribution in [0.25, 0.3) is 0 Å². The number of anilines is 3. The highest BCUT2D eigenvalue weighted by Gasteiger charge is 2.24. The average Bonchev–Trinajstić information content (AvgIpc) is 2.78. The van der Waals surface area contributed by atoms with Crippen molar-refractivity contribution in [3.05, 3.63) is 36.2 Å². The van der Waals surface area contributed by atoms with Crippen molar-refractivity contribution < 1.29 is 19.1 Å². The molecule has 0 unspecified atom stereocenters. The van der Waals surface area contributed by atoms with Gasteiger partial charge in [-0.15, -0.1) is 0 Å². The Hall–Kier alpha value is -3.76. The molecule has 1 fully saturated rings. The van der Waals surface area contributed by atoms with Crippen molar-refractivity contribution in [2.24, 2.45) is 0 Å². The highest BCUT2D eigenvalue weighted by atomic mass is 16.6. The fourth-order valence-electron chi connectivity index (χ4n) is 2.98. The number of amides is 2. The van der Waals surface area contributed by atoms with Gasteiger partial charge in [0.05, 0.1) is 13.7 Å². The second kappa shape index (κ2) is 9.63. The SMILES string of the molecule is CCOC(=O)N1CCN(c2ncnc(NNC(=O)c3ccc(OC)cc3)c2N)CC1. The summed E-state index contributed by atoms with van der Waals surface area (Å²) in [5.41, 5.74) is 12.3. The molecule has 0 radical (unpaired) electrons. The Morgan fingerprint density at radius 2 is 1.83 bits per heavy atom. The smallest absolute Gasteiger partial charge is 0.409 e. The average molecular weight is 415 g/mol. The minimum Gasteiger partial charge on any atom is -0.497 e. The molecule has 1 aromatic carbocycles. The second-order valence-corrected chi connectivity index (χ2v) is 6.44. The molecular formula is C19H25N7O4. The van der Waals surface area contributed by atoms with Crippen LogP contribution in [-0.2, 0) is 4.74 Å². The summed E-state index contributed by atoms with van der Waals surface area (Å²) in [5.74, 6) is 1.14. The van der Waals surface area contributed by atoms with Crippen LogP contribution < -0.4 is 26.2 Å². The van der Waals surface area contributed by atoms with Gasteiger partial charge in [-0.1, -0.05) is 0 Å². The number of carbonyl (C=O) groups excluding carboxylic acids is 2. The Bertz CT molecular complexity index is 883. The zero-order chi connectivity index (χ0) is 21.5. The lowest BCUT2D eigenvalue weighted by Gasteiger charge is -2.35. The van der Waals surface area contributed by atoms with E-state index in [-0.39, 0.29) is 17.8 Å². The predicted molar refractivity (Wildman–Crippen MR) is 111 cm³/mol. The van der Waals surface area contributed by atoms with E-state index < -0.39 is 0 Å². The van der Waals surface area contributed by atoms with Gasteiger partial charge < -0.3 is 25.0 Å². The van der Waals surface area contributed by atoms with E-state index in [1.54, 1.807) is 43.2 Å². The molecule has 1 saturated heterocycles. The molecule has 0 saturated carbocycles. The molecule has 3 rings (SSSR count). The van der Waals surface area contributed by atoms with Gasteiger partial charge in [0.15, 0.2) is 11.6 Å². The zero-order valence-electron chi connectivity index (χ0n) is 16.9. The number of carbonyl (C=O) groups is 2. The fraction of sp³-hybridized carbons (Fsp3) is 0.368. The number of rotatable bonds is 6. The van der Waals surface area contributed by atoms with Crippen molar-refractivity contribution in [3.8, 4) is 5.75 Å². The molecule has 1 aliphatic rings. The first-order chi connectivity index (χ1) is 14.5. The summed E-state index contributed by atoms with van der Waals surface area (Å²) in [7, 11) is 1.56. The number of benzene rings is 1. The standard InChI is InChI=1S/C19H25N7O4/c1-3-30-19(28)26-10-8-25(9-11-26)17-15(20)16(21-12-22-17)23-24-18(27)13-4-6-14(29-2)7-5-13/h4-7,12H,3,8-11,20H2,1-2H3,(H,24,27)(H,21,22,23). The summed E-state index contributed by atoms with van der Waals surface area (Å²) in [6.07, 6.45) is 1.04. The third kappa shape index (κ3) is 4.80. The number of ether oxygens (including phenoxy) is 2.